The number of hydrogen-bond donors (Lipinski definition) is 1. The zero-order valence-electron chi connectivity index (χ0n) is 15.9. The predicted octanol–water partition coefficient (Wildman–Crippen LogP) is 1.94. The largest absolute Gasteiger partial charge is 0.329 e. The first-order valence-corrected chi connectivity index (χ1v) is 8.90. The van der Waals surface area contributed by atoms with Gasteiger partial charge in [0.2, 0.25) is 5.95 Å². The van der Waals surface area contributed by atoms with Crippen LogP contribution in [0.4, 0.5) is 0 Å². The van der Waals surface area contributed by atoms with Crippen LogP contribution in [0.5, 0.6) is 0 Å². The zero-order chi connectivity index (χ0) is 19.8. The molecule has 0 saturated heterocycles. The molecule has 0 aliphatic heterocycles. The van der Waals surface area contributed by atoms with Crippen molar-refractivity contribution in [1.29, 1.82) is 0 Å². The van der Waals surface area contributed by atoms with Gasteiger partial charge in [0.15, 0.2) is 11.2 Å². The number of aromatic nitrogens is 6. The summed E-state index contributed by atoms with van der Waals surface area (Å²) in [6.07, 6.45) is 3.93. The summed E-state index contributed by atoms with van der Waals surface area (Å²) in [7, 11) is 1.59. The molecule has 3 aromatic heterocycles. The molecule has 0 spiro atoms. The molecule has 1 N–H and O–H groups in total. The van der Waals surface area contributed by atoms with Crippen LogP contribution in [0.25, 0.3) is 23.2 Å². The van der Waals surface area contributed by atoms with Crippen molar-refractivity contribution in [1.82, 2.24) is 28.9 Å². The Kier molecular flexibility index (Phi) is 4.31. The molecule has 0 saturated carbocycles. The number of H-pyrrole nitrogens is 1. The molecule has 0 radical (unpaired) electrons. The van der Waals surface area contributed by atoms with Gasteiger partial charge in [-0.25, -0.2) is 9.48 Å². The highest BCUT2D eigenvalue weighted by Gasteiger charge is 2.19. The number of nitrogens with one attached hydrogen (secondary N) is 1. The molecule has 8 heteroatoms. The lowest BCUT2D eigenvalue weighted by molar-refractivity contribution is 0.709. The summed E-state index contributed by atoms with van der Waals surface area (Å²) >= 11 is 0. The van der Waals surface area contributed by atoms with Gasteiger partial charge in [0.25, 0.3) is 5.56 Å². The van der Waals surface area contributed by atoms with Gasteiger partial charge in [0, 0.05) is 19.3 Å². The molecule has 28 heavy (non-hydrogen) atoms. The average molecular weight is 376 g/mol. The van der Waals surface area contributed by atoms with Crippen LogP contribution in [0.3, 0.4) is 0 Å². The van der Waals surface area contributed by atoms with E-state index >= 15 is 0 Å². The van der Waals surface area contributed by atoms with Crippen molar-refractivity contribution in [2.24, 2.45) is 7.05 Å². The highest BCUT2D eigenvalue weighted by atomic mass is 16.2. The van der Waals surface area contributed by atoms with E-state index in [1.165, 1.54) is 4.57 Å². The van der Waals surface area contributed by atoms with Gasteiger partial charge in [-0.15, -0.1) is 0 Å². The molecule has 4 rings (SSSR count). The third-order valence-corrected chi connectivity index (χ3v) is 4.58. The SMILES string of the molecule is Cc1cc(C)n(-c2nc3c(c(=O)[nH]c(=O)n3C)n2C/C=C\c2ccccc2)n1. The van der Waals surface area contributed by atoms with E-state index in [0.717, 1.165) is 17.0 Å². The summed E-state index contributed by atoms with van der Waals surface area (Å²) in [5.74, 6) is 0.491. The molecular weight excluding hydrogens is 356 g/mol. The Labute approximate surface area is 160 Å². The van der Waals surface area contributed by atoms with Crippen LogP contribution >= 0.6 is 0 Å². The maximum atomic E-state index is 12.6. The van der Waals surface area contributed by atoms with Crippen molar-refractivity contribution in [2.45, 2.75) is 20.4 Å². The van der Waals surface area contributed by atoms with Gasteiger partial charge in [0.05, 0.1) is 5.69 Å². The minimum Gasteiger partial charge on any atom is -0.299 e. The second-order valence-corrected chi connectivity index (χ2v) is 6.66. The van der Waals surface area contributed by atoms with Crippen LogP contribution in [0.2, 0.25) is 0 Å². The Hall–Kier alpha value is -3.68. The number of hydrogen-bond acceptors (Lipinski definition) is 4. The van der Waals surface area contributed by atoms with E-state index in [-0.39, 0.29) is 0 Å². The minimum absolute atomic E-state index is 0.324. The number of aromatic amines is 1. The molecule has 0 aliphatic rings. The molecule has 0 unspecified atom stereocenters. The van der Waals surface area contributed by atoms with Crippen LogP contribution in [-0.4, -0.2) is 28.9 Å². The third kappa shape index (κ3) is 2.98. The van der Waals surface area contributed by atoms with Crippen LogP contribution in [0.15, 0.2) is 52.1 Å². The molecule has 1 aromatic carbocycles. The van der Waals surface area contributed by atoms with Crippen molar-refractivity contribution < 1.29 is 0 Å². The minimum atomic E-state index is -0.498. The number of imidazole rings is 1. The van der Waals surface area contributed by atoms with Crippen molar-refractivity contribution in [2.75, 3.05) is 0 Å². The Morgan fingerprint density at radius 2 is 1.89 bits per heavy atom. The summed E-state index contributed by atoms with van der Waals surface area (Å²) in [5.41, 5.74) is 2.49. The van der Waals surface area contributed by atoms with Gasteiger partial charge in [0.1, 0.15) is 0 Å². The van der Waals surface area contributed by atoms with Crippen molar-refractivity contribution in [3.05, 3.63) is 80.3 Å². The van der Waals surface area contributed by atoms with E-state index in [2.05, 4.69) is 15.1 Å². The number of allylic oxidation sites excluding steroid dienone is 1. The van der Waals surface area contributed by atoms with Crippen LogP contribution < -0.4 is 11.2 Å². The molecule has 4 aromatic rings. The molecule has 3 heterocycles. The topological polar surface area (TPSA) is 90.5 Å². The third-order valence-electron chi connectivity index (χ3n) is 4.58. The lowest BCUT2D eigenvalue weighted by Crippen LogP contribution is -2.29. The molecule has 0 amide bonds. The lowest BCUT2D eigenvalue weighted by atomic mass is 10.2. The molecule has 8 nitrogen and oxygen atoms in total. The quantitative estimate of drug-likeness (QED) is 0.589. The number of benzene rings is 1. The van der Waals surface area contributed by atoms with Crippen molar-refractivity contribution in [3.63, 3.8) is 0 Å². The van der Waals surface area contributed by atoms with E-state index < -0.39 is 11.2 Å². The molecule has 0 bridgehead atoms. The Morgan fingerprint density at radius 1 is 1.14 bits per heavy atom. The van der Waals surface area contributed by atoms with Gasteiger partial charge in [-0.3, -0.25) is 18.9 Å². The van der Waals surface area contributed by atoms with E-state index in [9.17, 15) is 9.59 Å². The summed E-state index contributed by atoms with van der Waals surface area (Å²) in [4.78, 5) is 31.5. The summed E-state index contributed by atoms with van der Waals surface area (Å²) < 4.78 is 4.80. The molecule has 142 valence electrons. The Morgan fingerprint density at radius 3 is 2.57 bits per heavy atom. The van der Waals surface area contributed by atoms with Crippen molar-refractivity contribution in [3.8, 4) is 5.95 Å². The van der Waals surface area contributed by atoms with E-state index in [1.54, 1.807) is 16.3 Å². The fraction of sp³-hybridized carbons (Fsp3) is 0.200. The zero-order valence-corrected chi connectivity index (χ0v) is 15.9. The van der Waals surface area contributed by atoms with E-state index in [1.807, 2.05) is 62.4 Å². The van der Waals surface area contributed by atoms with Gasteiger partial charge < -0.3 is 0 Å². The first-order chi connectivity index (χ1) is 13.5. The van der Waals surface area contributed by atoms with Crippen LogP contribution in [0, 0.1) is 13.8 Å². The normalized spacial score (nSPS) is 11.7. The first kappa shape index (κ1) is 17.7. The maximum absolute atomic E-state index is 12.6. The first-order valence-electron chi connectivity index (χ1n) is 8.90. The second kappa shape index (κ2) is 6.80. The van der Waals surface area contributed by atoms with E-state index in [4.69, 9.17) is 0 Å². The van der Waals surface area contributed by atoms with Gasteiger partial charge in [-0.2, -0.15) is 10.1 Å². The highest BCUT2D eigenvalue weighted by molar-refractivity contribution is 5.72. The average Bonchev–Trinajstić information content (AvgIpc) is 3.20. The number of nitrogens with zero attached hydrogens (tertiary/aromatic N) is 5. The van der Waals surface area contributed by atoms with Gasteiger partial charge >= 0.3 is 5.69 Å². The monoisotopic (exact) mass is 376 g/mol. The molecular formula is C20H20N6O2. The molecule has 0 aliphatic carbocycles. The summed E-state index contributed by atoms with van der Waals surface area (Å²) in [5, 5.41) is 4.49. The highest BCUT2D eigenvalue weighted by Crippen LogP contribution is 2.17. The standard InChI is InChI=1S/C20H20N6O2/c1-13-12-14(2)26(23-13)19-21-17-16(18(27)22-20(28)24(17)3)25(19)11-7-10-15-8-5-4-6-9-15/h4-10,12H,11H2,1-3H3,(H,22,27,28)/b10-7-. The number of rotatable bonds is 4. The maximum Gasteiger partial charge on any atom is 0.329 e. The fourth-order valence-electron chi connectivity index (χ4n) is 3.25. The Bertz CT molecular complexity index is 1300. The van der Waals surface area contributed by atoms with Crippen molar-refractivity contribution >= 4 is 17.2 Å². The predicted molar refractivity (Wildman–Crippen MR) is 108 cm³/mol. The summed E-state index contributed by atoms with van der Waals surface area (Å²) in [6, 6.07) is 11.8. The van der Waals surface area contributed by atoms with Crippen LogP contribution in [0.1, 0.15) is 17.0 Å². The van der Waals surface area contributed by atoms with Gasteiger partial charge in [-0.1, -0.05) is 42.5 Å². The molecule has 0 atom stereocenters. The second-order valence-electron chi connectivity index (χ2n) is 6.66. The van der Waals surface area contributed by atoms with Crippen LogP contribution in [-0.2, 0) is 13.6 Å². The summed E-state index contributed by atoms with van der Waals surface area (Å²) in [6.45, 7) is 4.22. The molecule has 0 fully saturated rings. The number of aryl methyl sites for hydroxylation is 3. The smallest absolute Gasteiger partial charge is 0.299 e. The van der Waals surface area contributed by atoms with E-state index in [0.29, 0.717) is 23.7 Å². The van der Waals surface area contributed by atoms with Gasteiger partial charge in [-0.05, 0) is 25.5 Å². The fourth-order valence-corrected chi connectivity index (χ4v) is 3.25. The number of fused-ring (bicyclic) bond motifs is 1. The Balaban J connectivity index is 1.91. The lowest BCUT2D eigenvalue weighted by Gasteiger charge is -2.07.